The Morgan fingerprint density at radius 3 is 2.31 bits per heavy atom. The van der Waals surface area contributed by atoms with Crippen LogP contribution >= 0.6 is 0 Å². The highest BCUT2D eigenvalue weighted by Gasteiger charge is 2.22. The Labute approximate surface area is 230 Å². The highest BCUT2D eigenvalue weighted by molar-refractivity contribution is 5.86. The third-order valence-electron chi connectivity index (χ3n) is 6.38. The summed E-state index contributed by atoms with van der Waals surface area (Å²) in [5.41, 5.74) is 2.60. The molecule has 0 amide bonds. The van der Waals surface area contributed by atoms with Crippen LogP contribution < -0.4 is 9.47 Å². The van der Waals surface area contributed by atoms with Gasteiger partial charge in [0.05, 0.1) is 25.7 Å². The van der Waals surface area contributed by atoms with Gasteiger partial charge >= 0.3 is 12.1 Å². The van der Waals surface area contributed by atoms with E-state index in [1.165, 1.54) is 31.7 Å². The molecule has 1 saturated heterocycles. The summed E-state index contributed by atoms with van der Waals surface area (Å²) < 4.78 is 41.7. The van der Waals surface area contributed by atoms with Crippen LogP contribution in [0.2, 0.25) is 0 Å². The van der Waals surface area contributed by atoms with Gasteiger partial charge in [-0.1, -0.05) is 57.7 Å². The summed E-state index contributed by atoms with van der Waals surface area (Å²) in [5.74, 6) is -0.138. The molecule has 8 heteroatoms. The lowest BCUT2D eigenvalue weighted by molar-refractivity contribution is -0.138. The molecule has 0 bridgehead atoms. The van der Waals surface area contributed by atoms with Crippen molar-refractivity contribution in [3.05, 3.63) is 59.9 Å². The summed E-state index contributed by atoms with van der Waals surface area (Å²) >= 11 is 0. The van der Waals surface area contributed by atoms with Crippen LogP contribution in [-0.2, 0) is 25.4 Å². The second-order valence-electron chi connectivity index (χ2n) is 9.80. The maximum absolute atomic E-state index is 14.8. The smallest absolute Gasteiger partial charge is 0.493 e. The maximum Gasteiger partial charge on any atom is 0.508 e. The van der Waals surface area contributed by atoms with Gasteiger partial charge in [0.25, 0.3) is 0 Å². The van der Waals surface area contributed by atoms with Crippen molar-refractivity contribution in [1.29, 1.82) is 0 Å². The zero-order valence-electron chi connectivity index (χ0n) is 23.0. The van der Waals surface area contributed by atoms with Crippen molar-refractivity contribution >= 4 is 12.1 Å². The minimum atomic E-state index is -0.679. The van der Waals surface area contributed by atoms with Gasteiger partial charge in [-0.2, -0.15) is 0 Å². The van der Waals surface area contributed by atoms with E-state index < -0.39 is 17.9 Å². The molecule has 1 aliphatic heterocycles. The van der Waals surface area contributed by atoms with Crippen molar-refractivity contribution in [2.24, 2.45) is 5.92 Å². The van der Waals surface area contributed by atoms with Gasteiger partial charge < -0.3 is 23.7 Å². The minimum absolute atomic E-state index is 0.102. The molecule has 0 spiro atoms. The van der Waals surface area contributed by atoms with Crippen LogP contribution in [0.25, 0.3) is 11.1 Å². The molecule has 1 heterocycles. The van der Waals surface area contributed by atoms with Gasteiger partial charge in [-0.15, -0.1) is 0 Å². The average molecular weight is 543 g/mol. The Morgan fingerprint density at radius 1 is 0.949 bits per heavy atom. The summed E-state index contributed by atoms with van der Waals surface area (Å²) in [6.07, 6.45) is 6.56. The molecule has 2 aromatic rings. The second-order valence-corrected chi connectivity index (χ2v) is 9.80. The van der Waals surface area contributed by atoms with Crippen molar-refractivity contribution in [2.75, 3.05) is 33.0 Å². The van der Waals surface area contributed by atoms with Crippen LogP contribution in [0.4, 0.5) is 9.18 Å². The number of benzene rings is 2. The standard InChI is InChI=1S/C31H39FO7/c1-4-5-6-7-8-9-15-35-29-13-11-25(18-27(29)32)24-10-12-28(37-19-23-20-38-31(34)39-21-23)26(17-24)14-16-36-30(33)22(2)3/h10-13,17-18,23H,2,4-9,14-16,19-21H2,1,3H3. The van der Waals surface area contributed by atoms with Crippen molar-refractivity contribution in [3.63, 3.8) is 0 Å². The Hall–Kier alpha value is -3.55. The molecule has 1 fully saturated rings. The Kier molecular flexibility index (Phi) is 12.1. The van der Waals surface area contributed by atoms with Crippen LogP contribution in [0.5, 0.6) is 11.5 Å². The van der Waals surface area contributed by atoms with E-state index in [2.05, 4.69) is 13.5 Å². The first kappa shape index (κ1) is 30.0. The minimum Gasteiger partial charge on any atom is -0.493 e. The molecule has 0 saturated carbocycles. The van der Waals surface area contributed by atoms with Crippen molar-refractivity contribution < 1.29 is 37.7 Å². The van der Waals surface area contributed by atoms with Crippen molar-refractivity contribution in [1.82, 2.24) is 0 Å². The molecule has 0 aliphatic carbocycles. The number of rotatable bonds is 16. The third-order valence-corrected chi connectivity index (χ3v) is 6.38. The number of halogens is 1. The Balaban J connectivity index is 1.65. The van der Waals surface area contributed by atoms with E-state index in [1.807, 2.05) is 24.3 Å². The number of hydrogen-bond acceptors (Lipinski definition) is 7. The quantitative estimate of drug-likeness (QED) is 0.128. The lowest BCUT2D eigenvalue weighted by Gasteiger charge is -2.22. The zero-order chi connectivity index (χ0) is 28.0. The predicted molar refractivity (Wildman–Crippen MR) is 146 cm³/mol. The molecule has 0 N–H and O–H groups in total. The molecule has 7 nitrogen and oxygen atoms in total. The number of unbranched alkanes of at least 4 members (excludes halogenated alkanes) is 5. The van der Waals surface area contributed by atoms with E-state index in [9.17, 15) is 14.0 Å². The second kappa shape index (κ2) is 15.8. The van der Waals surface area contributed by atoms with Gasteiger partial charge in [0.1, 0.15) is 19.0 Å². The zero-order valence-corrected chi connectivity index (χ0v) is 23.0. The van der Waals surface area contributed by atoms with Crippen LogP contribution in [0.1, 0.15) is 57.9 Å². The Morgan fingerprint density at radius 2 is 1.62 bits per heavy atom. The van der Waals surface area contributed by atoms with Gasteiger partial charge in [-0.3, -0.25) is 0 Å². The van der Waals surface area contributed by atoms with E-state index in [-0.39, 0.29) is 38.1 Å². The molecule has 0 aromatic heterocycles. The van der Waals surface area contributed by atoms with E-state index >= 15 is 0 Å². The molecule has 39 heavy (non-hydrogen) atoms. The van der Waals surface area contributed by atoms with E-state index in [0.29, 0.717) is 29.9 Å². The van der Waals surface area contributed by atoms with Gasteiger partial charge in [0, 0.05) is 12.0 Å². The number of cyclic esters (lactones) is 2. The molecule has 0 unspecified atom stereocenters. The number of carbonyl (C=O) groups excluding carboxylic acids is 2. The molecular weight excluding hydrogens is 503 g/mol. The lowest BCUT2D eigenvalue weighted by atomic mass is 10.0. The average Bonchev–Trinajstić information content (AvgIpc) is 2.93. The molecule has 0 atom stereocenters. The first-order valence-corrected chi connectivity index (χ1v) is 13.7. The highest BCUT2D eigenvalue weighted by atomic mass is 19.1. The summed E-state index contributed by atoms with van der Waals surface area (Å²) in [5, 5.41) is 0. The number of carbonyl (C=O) groups is 2. The monoisotopic (exact) mass is 542 g/mol. The summed E-state index contributed by atoms with van der Waals surface area (Å²) in [4.78, 5) is 22.9. The molecular formula is C31H39FO7. The van der Waals surface area contributed by atoms with Crippen LogP contribution in [0.15, 0.2) is 48.6 Å². The number of hydrogen-bond donors (Lipinski definition) is 0. The predicted octanol–water partition coefficient (Wildman–Crippen LogP) is 7.06. The summed E-state index contributed by atoms with van der Waals surface area (Å²) in [7, 11) is 0. The van der Waals surface area contributed by atoms with Crippen LogP contribution in [-0.4, -0.2) is 45.2 Å². The SMILES string of the molecule is C=C(C)C(=O)OCCc1cc(-c2ccc(OCCCCCCCC)c(F)c2)ccc1OCC1COC(=O)OC1. The summed E-state index contributed by atoms with van der Waals surface area (Å²) in [6.45, 7) is 8.72. The molecule has 3 rings (SSSR count). The van der Waals surface area contributed by atoms with Crippen molar-refractivity contribution in [3.8, 4) is 22.6 Å². The number of ether oxygens (including phenoxy) is 5. The topological polar surface area (TPSA) is 80.3 Å². The maximum atomic E-state index is 14.8. The summed E-state index contributed by atoms with van der Waals surface area (Å²) in [6, 6.07) is 10.5. The first-order chi connectivity index (χ1) is 18.9. The van der Waals surface area contributed by atoms with Crippen LogP contribution in [0, 0.1) is 11.7 Å². The van der Waals surface area contributed by atoms with Gasteiger partial charge in [0.2, 0.25) is 0 Å². The van der Waals surface area contributed by atoms with Crippen LogP contribution in [0.3, 0.4) is 0 Å². The Bertz CT molecular complexity index is 1100. The highest BCUT2D eigenvalue weighted by Crippen LogP contribution is 2.31. The fourth-order valence-corrected chi connectivity index (χ4v) is 4.10. The molecule has 1 aliphatic rings. The van der Waals surface area contributed by atoms with E-state index in [1.54, 1.807) is 13.0 Å². The van der Waals surface area contributed by atoms with Gasteiger partial charge in [-0.05, 0) is 54.3 Å². The first-order valence-electron chi connectivity index (χ1n) is 13.7. The van der Waals surface area contributed by atoms with Gasteiger partial charge in [0.15, 0.2) is 11.6 Å². The fraction of sp³-hybridized carbons (Fsp3) is 0.484. The van der Waals surface area contributed by atoms with Crippen molar-refractivity contribution in [2.45, 2.75) is 58.8 Å². The largest absolute Gasteiger partial charge is 0.508 e. The third kappa shape index (κ3) is 9.93. The molecule has 2 aromatic carbocycles. The number of esters is 1. The van der Waals surface area contributed by atoms with E-state index in [4.69, 9.17) is 23.7 Å². The lowest BCUT2D eigenvalue weighted by Crippen LogP contribution is -2.31. The normalized spacial score (nSPS) is 13.4. The van der Waals surface area contributed by atoms with E-state index in [0.717, 1.165) is 24.0 Å². The molecule has 0 radical (unpaired) electrons. The fourth-order valence-electron chi connectivity index (χ4n) is 4.10. The van der Waals surface area contributed by atoms with Gasteiger partial charge in [-0.25, -0.2) is 14.0 Å². The molecule has 212 valence electrons.